The third kappa shape index (κ3) is 5.65. The summed E-state index contributed by atoms with van der Waals surface area (Å²) < 4.78 is 15.3. The fourth-order valence-corrected chi connectivity index (χ4v) is 1.79. The van der Waals surface area contributed by atoms with E-state index >= 15 is 0 Å². The van der Waals surface area contributed by atoms with Gasteiger partial charge in [0.05, 0.1) is 6.07 Å². The van der Waals surface area contributed by atoms with Gasteiger partial charge in [0.1, 0.15) is 0 Å². The summed E-state index contributed by atoms with van der Waals surface area (Å²) in [5, 5.41) is 3.59. The Morgan fingerprint density at radius 2 is 2.18 bits per heavy atom. The third-order valence-corrected chi connectivity index (χ3v) is 3.83. The van der Waals surface area contributed by atoms with Crippen molar-refractivity contribution in [1.29, 1.82) is 0 Å². The molecular weight excluding hydrogens is 238 g/mol. The second-order valence-corrected chi connectivity index (χ2v) is 10.7. The standard InChI is InChI=1S/C11H19NO4Si/c1-9(13)10-7-11(12-16-10)15-8-14-5-6-17(2,3)4/h7H,5-6,8H2,1-4H3. The summed E-state index contributed by atoms with van der Waals surface area (Å²) in [6, 6.07) is 2.55. The van der Waals surface area contributed by atoms with Crippen molar-refractivity contribution in [3.05, 3.63) is 11.8 Å². The number of Topliss-reactive ketones (excluding diaryl/α,β-unsaturated/α-hetero) is 1. The first kappa shape index (κ1) is 13.9. The van der Waals surface area contributed by atoms with E-state index in [-0.39, 0.29) is 24.2 Å². The summed E-state index contributed by atoms with van der Waals surface area (Å²) >= 11 is 0. The molecule has 0 aliphatic carbocycles. The number of ether oxygens (including phenoxy) is 2. The second kappa shape index (κ2) is 5.97. The molecule has 0 aromatic carbocycles. The van der Waals surface area contributed by atoms with Crippen LogP contribution in [-0.4, -0.2) is 32.4 Å². The zero-order chi connectivity index (χ0) is 12.9. The molecule has 0 saturated carbocycles. The minimum absolute atomic E-state index is 0.133. The van der Waals surface area contributed by atoms with Gasteiger partial charge in [-0.1, -0.05) is 19.6 Å². The maximum atomic E-state index is 10.9. The van der Waals surface area contributed by atoms with Crippen LogP contribution in [0.4, 0.5) is 0 Å². The van der Waals surface area contributed by atoms with Crippen molar-refractivity contribution >= 4 is 13.9 Å². The van der Waals surface area contributed by atoms with Gasteiger partial charge in [-0.3, -0.25) is 4.79 Å². The lowest BCUT2D eigenvalue weighted by Gasteiger charge is -2.14. The van der Waals surface area contributed by atoms with E-state index in [2.05, 4.69) is 24.8 Å². The van der Waals surface area contributed by atoms with Crippen LogP contribution in [0.15, 0.2) is 10.6 Å². The van der Waals surface area contributed by atoms with Crippen molar-refractivity contribution in [3.63, 3.8) is 0 Å². The number of nitrogens with zero attached hydrogens (tertiary/aromatic N) is 1. The highest BCUT2D eigenvalue weighted by Gasteiger charge is 2.12. The Balaban J connectivity index is 2.20. The lowest BCUT2D eigenvalue weighted by molar-refractivity contribution is 0.0174. The van der Waals surface area contributed by atoms with Gasteiger partial charge in [0.25, 0.3) is 5.88 Å². The van der Waals surface area contributed by atoms with Gasteiger partial charge < -0.3 is 14.0 Å². The van der Waals surface area contributed by atoms with Gasteiger partial charge in [-0.2, -0.15) is 0 Å². The quantitative estimate of drug-likeness (QED) is 0.325. The molecule has 0 radical (unpaired) electrons. The first-order valence-electron chi connectivity index (χ1n) is 5.57. The highest BCUT2D eigenvalue weighted by molar-refractivity contribution is 6.76. The molecule has 96 valence electrons. The Morgan fingerprint density at radius 3 is 2.71 bits per heavy atom. The fourth-order valence-electron chi connectivity index (χ4n) is 1.03. The Labute approximate surface area is 102 Å². The average Bonchev–Trinajstić information content (AvgIpc) is 2.64. The lowest BCUT2D eigenvalue weighted by atomic mass is 10.3. The highest BCUT2D eigenvalue weighted by atomic mass is 28.3. The first-order valence-corrected chi connectivity index (χ1v) is 9.27. The molecule has 0 amide bonds. The van der Waals surface area contributed by atoms with E-state index < -0.39 is 8.07 Å². The molecule has 0 fully saturated rings. The molecular formula is C11H19NO4Si. The number of aromatic nitrogens is 1. The zero-order valence-corrected chi connectivity index (χ0v) is 11.8. The Bertz CT molecular complexity index is 370. The predicted octanol–water partition coefficient (Wildman–Crippen LogP) is 2.57. The van der Waals surface area contributed by atoms with E-state index in [1.807, 2.05) is 0 Å². The molecule has 0 bridgehead atoms. The molecule has 5 nitrogen and oxygen atoms in total. The van der Waals surface area contributed by atoms with Gasteiger partial charge in [-0.15, -0.1) is 0 Å². The van der Waals surface area contributed by atoms with Gasteiger partial charge in [-0.05, 0) is 11.2 Å². The van der Waals surface area contributed by atoms with Crippen LogP contribution in [0.2, 0.25) is 25.7 Å². The van der Waals surface area contributed by atoms with Crippen LogP contribution in [0, 0.1) is 0 Å². The van der Waals surface area contributed by atoms with Crippen LogP contribution >= 0.6 is 0 Å². The number of hydrogen-bond acceptors (Lipinski definition) is 5. The van der Waals surface area contributed by atoms with Crippen molar-refractivity contribution in [1.82, 2.24) is 5.16 Å². The molecule has 1 aromatic heterocycles. The van der Waals surface area contributed by atoms with Crippen molar-refractivity contribution in [3.8, 4) is 5.88 Å². The Morgan fingerprint density at radius 1 is 1.47 bits per heavy atom. The summed E-state index contributed by atoms with van der Waals surface area (Å²) in [4.78, 5) is 10.9. The van der Waals surface area contributed by atoms with Crippen LogP contribution in [0.3, 0.4) is 0 Å². The van der Waals surface area contributed by atoms with Crippen molar-refractivity contribution < 1.29 is 18.8 Å². The Hall–Kier alpha value is -1.14. The van der Waals surface area contributed by atoms with E-state index in [0.717, 1.165) is 6.04 Å². The molecule has 6 heteroatoms. The van der Waals surface area contributed by atoms with Crippen LogP contribution in [0.25, 0.3) is 0 Å². The summed E-state index contributed by atoms with van der Waals surface area (Å²) in [5.41, 5.74) is 0. The minimum Gasteiger partial charge on any atom is -0.448 e. The molecule has 0 atom stereocenters. The van der Waals surface area contributed by atoms with Crippen LogP contribution in [0.5, 0.6) is 5.88 Å². The first-order chi connectivity index (χ1) is 7.88. The fraction of sp³-hybridized carbons (Fsp3) is 0.636. The number of hydrogen-bond donors (Lipinski definition) is 0. The summed E-state index contributed by atoms with van der Waals surface area (Å²) in [7, 11) is -1.06. The van der Waals surface area contributed by atoms with Crippen LogP contribution < -0.4 is 4.74 Å². The SMILES string of the molecule is CC(=O)c1cc(OCOCC[Si](C)(C)C)no1. The molecule has 0 aliphatic heterocycles. The molecule has 1 heterocycles. The number of ketones is 1. The molecule has 0 saturated heterocycles. The van der Waals surface area contributed by atoms with Crippen molar-refractivity contribution in [2.75, 3.05) is 13.4 Å². The topological polar surface area (TPSA) is 61.6 Å². The normalized spacial score (nSPS) is 11.5. The van der Waals surface area contributed by atoms with E-state index in [1.165, 1.54) is 13.0 Å². The van der Waals surface area contributed by atoms with Crippen LogP contribution in [0.1, 0.15) is 17.5 Å². The molecule has 0 unspecified atom stereocenters. The van der Waals surface area contributed by atoms with Gasteiger partial charge in [-0.25, -0.2) is 0 Å². The molecule has 1 aromatic rings. The smallest absolute Gasteiger partial charge is 0.256 e. The number of carbonyl (C=O) groups is 1. The highest BCUT2D eigenvalue weighted by Crippen LogP contribution is 2.12. The molecule has 17 heavy (non-hydrogen) atoms. The second-order valence-electron chi connectivity index (χ2n) is 5.07. The molecule has 0 spiro atoms. The number of rotatable bonds is 7. The van der Waals surface area contributed by atoms with Gasteiger partial charge in [0.15, 0.2) is 12.6 Å². The summed E-state index contributed by atoms with van der Waals surface area (Å²) in [6.07, 6.45) is 0. The van der Waals surface area contributed by atoms with Crippen molar-refractivity contribution in [2.24, 2.45) is 0 Å². The number of carbonyl (C=O) groups excluding carboxylic acids is 1. The maximum Gasteiger partial charge on any atom is 0.256 e. The van der Waals surface area contributed by atoms with E-state index in [4.69, 9.17) is 14.0 Å². The molecule has 1 rings (SSSR count). The van der Waals surface area contributed by atoms with Gasteiger partial charge >= 0.3 is 0 Å². The average molecular weight is 257 g/mol. The monoisotopic (exact) mass is 257 g/mol. The largest absolute Gasteiger partial charge is 0.448 e. The summed E-state index contributed by atoms with van der Waals surface area (Å²) in [5.74, 6) is 0.303. The predicted molar refractivity (Wildman–Crippen MR) is 66.1 cm³/mol. The van der Waals surface area contributed by atoms with Gasteiger partial charge in [0, 0.05) is 21.6 Å². The molecule has 0 N–H and O–H groups in total. The third-order valence-electron chi connectivity index (χ3n) is 2.12. The van der Waals surface area contributed by atoms with E-state index in [0.29, 0.717) is 6.61 Å². The minimum atomic E-state index is -1.06. The van der Waals surface area contributed by atoms with E-state index in [9.17, 15) is 4.79 Å². The van der Waals surface area contributed by atoms with Gasteiger partial charge in [0.2, 0.25) is 5.76 Å². The Kier molecular flexibility index (Phi) is 4.89. The van der Waals surface area contributed by atoms with E-state index in [1.54, 1.807) is 0 Å². The van der Waals surface area contributed by atoms with Crippen molar-refractivity contribution in [2.45, 2.75) is 32.6 Å². The molecule has 0 aliphatic rings. The van der Waals surface area contributed by atoms with Crippen LogP contribution in [-0.2, 0) is 4.74 Å². The zero-order valence-electron chi connectivity index (χ0n) is 10.8. The lowest BCUT2D eigenvalue weighted by Crippen LogP contribution is -2.22. The summed E-state index contributed by atoms with van der Waals surface area (Å²) in [6.45, 7) is 9.09. The maximum absolute atomic E-state index is 10.9.